The Morgan fingerprint density at radius 3 is 2.70 bits per heavy atom. The standard InChI is InChI=1S/C20H17N5O4S/c1-2-24-6-5-13-7-12(3-4-17(13)24)14-8-15(10-16(9-14)25(28)29)19-21-20(23-22-19)30-11-18(26)27/h3-10H,2,11H2,1H3,(H,26,27)(H,21,22,23). The van der Waals surface area contributed by atoms with Crippen LogP contribution in [0.4, 0.5) is 5.69 Å². The summed E-state index contributed by atoms with van der Waals surface area (Å²) in [6.07, 6.45) is 2.01. The molecule has 10 heteroatoms. The highest BCUT2D eigenvalue weighted by Gasteiger charge is 2.16. The summed E-state index contributed by atoms with van der Waals surface area (Å²) in [6.45, 7) is 2.93. The van der Waals surface area contributed by atoms with Crippen LogP contribution in [-0.2, 0) is 11.3 Å². The lowest BCUT2D eigenvalue weighted by Crippen LogP contribution is -1.97. The van der Waals surface area contributed by atoms with Crippen molar-refractivity contribution < 1.29 is 14.8 Å². The van der Waals surface area contributed by atoms with E-state index in [4.69, 9.17) is 5.11 Å². The Kier molecular flexibility index (Phi) is 5.23. The molecule has 0 bridgehead atoms. The van der Waals surface area contributed by atoms with Gasteiger partial charge in [0.05, 0.1) is 10.7 Å². The van der Waals surface area contributed by atoms with E-state index in [1.807, 2.05) is 30.5 Å². The molecule has 2 aromatic carbocycles. The van der Waals surface area contributed by atoms with Crippen molar-refractivity contribution in [1.29, 1.82) is 0 Å². The minimum Gasteiger partial charge on any atom is -0.481 e. The average Bonchev–Trinajstić information content (AvgIpc) is 3.38. The maximum Gasteiger partial charge on any atom is 0.313 e. The molecule has 9 nitrogen and oxygen atoms in total. The number of nitro groups is 1. The number of hydrogen-bond acceptors (Lipinski definition) is 6. The molecule has 0 saturated carbocycles. The van der Waals surface area contributed by atoms with Crippen LogP contribution in [-0.4, -0.2) is 41.5 Å². The lowest BCUT2D eigenvalue weighted by Gasteiger charge is -2.06. The summed E-state index contributed by atoms with van der Waals surface area (Å²) >= 11 is 0.996. The number of carboxylic acids is 1. The molecule has 2 heterocycles. The van der Waals surface area contributed by atoms with Gasteiger partial charge < -0.3 is 14.7 Å². The van der Waals surface area contributed by atoms with Crippen LogP contribution >= 0.6 is 11.8 Å². The smallest absolute Gasteiger partial charge is 0.313 e. The number of nitro benzene ring substituents is 1. The molecule has 0 radical (unpaired) electrons. The second-order valence-corrected chi connectivity index (χ2v) is 7.53. The molecule has 4 aromatic rings. The Bertz CT molecular complexity index is 1260. The third kappa shape index (κ3) is 3.90. The first-order valence-electron chi connectivity index (χ1n) is 9.11. The minimum absolute atomic E-state index is 0.0649. The molecule has 2 N–H and O–H groups in total. The third-order valence-electron chi connectivity index (χ3n) is 4.65. The number of hydrogen-bond donors (Lipinski definition) is 2. The van der Waals surface area contributed by atoms with Crippen LogP contribution < -0.4 is 0 Å². The SMILES string of the molecule is CCn1ccc2cc(-c3cc(-c4nnc(SCC(=O)O)[nH]4)cc([N+](=O)[O-])c3)ccc21. The van der Waals surface area contributed by atoms with E-state index in [9.17, 15) is 14.9 Å². The van der Waals surface area contributed by atoms with E-state index >= 15 is 0 Å². The highest BCUT2D eigenvalue weighted by molar-refractivity contribution is 7.99. The highest BCUT2D eigenvalue weighted by Crippen LogP contribution is 2.32. The molecule has 0 fully saturated rings. The molecule has 0 aliphatic rings. The van der Waals surface area contributed by atoms with Crippen molar-refractivity contribution >= 4 is 34.3 Å². The lowest BCUT2D eigenvalue weighted by atomic mass is 10.0. The van der Waals surface area contributed by atoms with Gasteiger partial charge in [0.1, 0.15) is 0 Å². The van der Waals surface area contributed by atoms with Crippen LogP contribution in [0, 0.1) is 10.1 Å². The summed E-state index contributed by atoms with van der Waals surface area (Å²) in [4.78, 5) is 24.7. The van der Waals surface area contributed by atoms with Gasteiger partial charge >= 0.3 is 5.97 Å². The van der Waals surface area contributed by atoms with Gasteiger partial charge in [0.15, 0.2) is 11.0 Å². The minimum atomic E-state index is -0.970. The van der Waals surface area contributed by atoms with Crippen LogP contribution in [0.3, 0.4) is 0 Å². The Hall–Kier alpha value is -3.66. The maximum absolute atomic E-state index is 11.5. The van der Waals surface area contributed by atoms with Crippen LogP contribution in [0.1, 0.15) is 6.92 Å². The van der Waals surface area contributed by atoms with Crippen molar-refractivity contribution in [3.05, 3.63) is 58.8 Å². The summed E-state index contributed by atoms with van der Waals surface area (Å²) in [6, 6.07) is 12.7. The van der Waals surface area contributed by atoms with Gasteiger partial charge in [-0.25, -0.2) is 0 Å². The predicted octanol–water partition coefficient (Wildman–Crippen LogP) is 4.20. The van der Waals surface area contributed by atoms with Crippen LogP contribution in [0.5, 0.6) is 0 Å². The van der Waals surface area contributed by atoms with Gasteiger partial charge in [-0.1, -0.05) is 17.8 Å². The molecule has 0 unspecified atom stereocenters. The number of aryl methyl sites for hydroxylation is 1. The van der Waals surface area contributed by atoms with Gasteiger partial charge in [-0.2, -0.15) is 0 Å². The maximum atomic E-state index is 11.5. The number of fused-ring (bicyclic) bond motifs is 1. The predicted molar refractivity (Wildman–Crippen MR) is 113 cm³/mol. The molecule has 0 saturated heterocycles. The first kappa shape index (κ1) is 19.6. The normalized spacial score (nSPS) is 11.1. The number of nitrogens with one attached hydrogen (secondary N) is 1. The third-order valence-corrected chi connectivity index (χ3v) is 5.49. The highest BCUT2D eigenvalue weighted by atomic mass is 32.2. The van der Waals surface area contributed by atoms with E-state index in [-0.39, 0.29) is 11.4 Å². The van der Waals surface area contributed by atoms with E-state index in [0.717, 1.165) is 34.8 Å². The number of carboxylic acid groups (broad SMARTS) is 1. The van der Waals surface area contributed by atoms with Crippen LogP contribution in [0.2, 0.25) is 0 Å². The molecule has 0 aliphatic heterocycles. The summed E-state index contributed by atoms with van der Waals surface area (Å²) < 4.78 is 2.13. The Balaban J connectivity index is 1.75. The number of aromatic amines is 1. The summed E-state index contributed by atoms with van der Waals surface area (Å²) in [7, 11) is 0. The Labute approximate surface area is 174 Å². The van der Waals surface area contributed by atoms with Gasteiger partial charge in [-0.15, -0.1) is 10.2 Å². The van der Waals surface area contributed by atoms with Gasteiger partial charge in [0.2, 0.25) is 0 Å². The second-order valence-electron chi connectivity index (χ2n) is 6.56. The van der Waals surface area contributed by atoms with Crippen molar-refractivity contribution in [3.63, 3.8) is 0 Å². The summed E-state index contributed by atoms with van der Waals surface area (Å²) in [5.74, 6) is -0.791. The first-order chi connectivity index (χ1) is 14.4. The van der Waals surface area contributed by atoms with E-state index in [2.05, 4.69) is 26.7 Å². The average molecular weight is 423 g/mol. The number of nitrogens with zero attached hydrogens (tertiary/aromatic N) is 4. The number of carbonyl (C=O) groups is 1. The van der Waals surface area contributed by atoms with Gasteiger partial charge in [-0.3, -0.25) is 14.9 Å². The lowest BCUT2D eigenvalue weighted by molar-refractivity contribution is -0.384. The van der Waals surface area contributed by atoms with Gasteiger partial charge in [0, 0.05) is 41.3 Å². The van der Waals surface area contributed by atoms with Crippen molar-refractivity contribution in [2.45, 2.75) is 18.6 Å². The molecule has 0 amide bonds. The van der Waals surface area contributed by atoms with E-state index in [1.165, 1.54) is 12.1 Å². The van der Waals surface area contributed by atoms with Gasteiger partial charge in [-0.05, 0) is 42.3 Å². The summed E-state index contributed by atoms with van der Waals surface area (Å²) in [5.41, 5.74) is 3.06. The van der Waals surface area contributed by atoms with Crippen LogP contribution in [0.15, 0.2) is 53.8 Å². The van der Waals surface area contributed by atoms with Crippen molar-refractivity contribution in [3.8, 4) is 22.5 Å². The number of thioether (sulfide) groups is 1. The number of non-ortho nitro benzene ring substituents is 1. The zero-order chi connectivity index (χ0) is 21.3. The molecule has 2 aromatic heterocycles. The molecule has 30 heavy (non-hydrogen) atoms. The molecule has 152 valence electrons. The number of rotatable bonds is 7. The molecule has 0 atom stereocenters. The zero-order valence-electron chi connectivity index (χ0n) is 15.9. The van der Waals surface area contributed by atoms with E-state index in [1.54, 1.807) is 6.07 Å². The topological polar surface area (TPSA) is 127 Å². The number of benzene rings is 2. The van der Waals surface area contributed by atoms with Crippen molar-refractivity contribution in [2.75, 3.05) is 5.75 Å². The van der Waals surface area contributed by atoms with E-state index in [0.29, 0.717) is 22.1 Å². The van der Waals surface area contributed by atoms with Crippen molar-refractivity contribution in [2.24, 2.45) is 0 Å². The quantitative estimate of drug-likeness (QED) is 0.259. The Morgan fingerprint density at radius 2 is 1.97 bits per heavy atom. The molecule has 0 aliphatic carbocycles. The van der Waals surface area contributed by atoms with Crippen molar-refractivity contribution in [1.82, 2.24) is 19.7 Å². The van der Waals surface area contributed by atoms with Crippen LogP contribution in [0.25, 0.3) is 33.4 Å². The fourth-order valence-corrected chi connectivity index (χ4v) is 3.77. The summed E-state index contributed by atoms with van der Waals surface area (Å²) in [5, 5.41) is 29.6. The largest absolute Gasteiger partial charge is 0.481 e. The molecular weight excluding hydrogens is 406 g/mol. The second kappa shape index (κ2) is 7.99. The molecular formula is C20H17N5O4S. The monoisotopic (exact) mass is 423 g/mol. The number of aliphatic carboxylic acids is 1. The first-order valence-corrected chi connectivity index (χ1v) is 10.1. The Morgan fingerprint density at radius 1 is 1.17 bits per heavy atom. The van der Waals surface area contributed by atoms with Gasteiger partial charge in [0.25, 0.3) is 5.69 Å². The number of aromatic nitrogens is 4. The molecule has 4 rings (SSSR count). The van der Waals surface area contributed by atoms with E-state index < -0.39 is 10.9 Å². The fraction of sp³-hybridized carbons (Fsp3) is 0.150. The number of H-pyrrole nitrogens is 1. The molecule has 0 spiro atoms. The fourth-order valence-electron chi connectivity index (χ4n) is 3.25. The zero-order valence-corrected chi connectivity index (χ0v) is 16.7.